The van der Waals surface area contributed by atoms with E-state index in [1.54, 1.807) is 6.07 Å². The molecular formula is C8H5FINO. The van der Waals surface area contributed by atoms with Crippen LogP contribution in [0.5, 0.6) is 0 Å². The molecule has 2 nitrogen and oxygen atoms in total. The third-order valence-electron chi connectivity index (χ3n) is 1.81. The molecular weight excluding hydrogens is 272 g/mol. The summed E-state index contributed by atoms with van der Waals surface area (Å²) < 4.78 is 13.5. The first-order chi connectivity index (χ1) is 5.68. The zero-order valence-electron chi connectivity index (χ0n) is 6.03. The number of benzene rings is 1. The van der Waals surface area contributed by atoms with Gasteiger partial charge in [0.2, 0.25) is 5.91 Å². The van der Waals surface area contributed by atoms with E-state index in [1.165, 1.54) is 6.07 Å². The Labute approximate surface area is 82.3 Å². The van der Waals surface area contributed by atoms with Gasteiger partial charge >= 0.3 is 0 Å². The minimum absolute atomic E-state index is 0.0616. The Kier molecular flexibility index (Phi) is 1.79. The molecule has 0 fully saturated rings. The summed E-state index contributed by atoms with van der Waals surface area (Å²) in [5, 5.41) is 2.66. The van der Waals surface area contributed by atoms with E-state index in [0.717, 1.165) is 11.3 Å². The number of amides is 1. The highest BCUT2D eigenvalue weighted by Gasteiger charge is 2.21. The van der Waals surface area contributed by atoms with Crippen LogP contribution in [0.4, 0.5) is 10.1 Å². The van der Waals surface area contributed by atoms with Crippen LogP contribution in [0.2, 0.25) is 0 Å². The lowest BCUT2D eigenvalue weighted by Gasteiger charge is -2.00. The fourth-order valence-electron chi connectivity index (χ4n) is 1.24. The molecule has 1 heterocycles. The predicted molar refractivity (Wildman–Crippen MR) is 51.5 cm³/mol. The van der Waals surface area contributed by atoms with Crippen molar-refractivity contribution in [1.82, 2.24) is 0 Å². The van der Waals surface area contributed by atoms with Crippen molar-refractivity contribution in [1.29, 1.82) is 0 Å². The number of nitrogens with one attached hydrogen (secondary N) is 1. The number of fused-ring (bicyclic) bond motifs is 1. The summed E-state index contributed by atoms with van der Waals surface area (Å²) in [5.74, 6) is -0.320. The summed E-state index contributed by atoms with van der Waals surface area (Å²) in [6.07, 6.45) is 0.297. The van der Waals surface area contributed by atoms with E-state index >= 15 is 0 Å². The molecule has 2 rings (SSSR count). The third kappa shape index (κ3) is 1.10. The molecule has 4 heteroatoms. The van der Waals surface area contributed by atoms with Crippen molar-refractivity contribution in [2.24, 2.45) is 0 Å². The van der Waals surface area contributed by atoms with Gasteiger partial charge in [0.05, 0.1) is 9.99 Å². The summed E-state index contributed by atoms with van der Waals surface area (Å²) in [6, 6.07) is 2.96. The largest absolute Gasteiger partial charge is 0.325 e. The minimum Gasteiger partial charge on any atom is -0.325 e. The number of hydrogen-bond acceptors (Lipinski definition) is 1. The second-order valence-corrected chi connectivity index (χ2v) is 3.69. The number of carbonyl (C=O) groups excluding carboxylic acids is 1. The molecule has 1 aromatic rings. The summed E-state index contributed by atoms with van der Waals surface area (Å²) in [4.78, 5) is 10.9. The van der Waals surface area contributed by atoms with Crippen molar-refractivity contribution < 1.29 is 9.18 Å². The van der Waals surface area contributed by atoms with Gasteiger partial charge in [-0.05, 0) is 34.7 Å². The van der Waals surface area contributed by atoms with Crippen molar-refractivity contribution in [3.05, 3.63) is 27.1 Å². The predicted octanol–water partition coefficient (Wildman–Crippen LogP) is 1.92. The first-order valence-corrected chi connectivity index (χ1v) is 4.53. The van der Waals surface area contributed by atoms with Gasteiger partial charge in [0.1, 0.15) is 5.82 Å². The SMILES string of the molecule is O=C1Cc2c(ccc(F)c2I)N1. The molecule has 1 aliphatic heterocycles. The average molecular weight is 277 g/mol. The van der Waals surface area contributed by atoms with Crippen LogP contribution in [0, 0.1) is 9.39 Å². The van der Waals surface area contributed by atoms with Gasteiger partial charge in [0.15, 0.2) is 0 Å². The zero-order valence-corrected chi connectivity index (χ0v) is 8.18. The standard InChI is InChI=1S/C8H5FINO/c9-5-1-2-6-4(8(5)10)3-7(12)11-6/h1-2H,3H2,(H,11,12). The number of halogens is 2. The first kappa shape index (κ1) is 7.97. The molecule has 1 amide bonds. The Balaban J connectivity index is 2.61. The van der Waals surface area contributed by atoms with Crippen LogP contribution in [-0.4, -0.2) is 5.91 Å². The highest BCUT2D eigenvalue weighted by molar-refractivity contribution is 14.1. The Bertz CT molecular complexity index is 364. The zero-order chi connectivity index (χ0) is 8.72. The number of anilines is 1. The lowest BCUT2D eigenvalue weighted by atomic mass is 10.2. The van der Waals surface area contributed by atoms with Crippen LogP contribution in [0.3, 0.4) is 0 Å². The van der Waals surface area contributed by atoms with Crippen molar-refractivity contribution in [2.75, 3.05) is 5.32 Å². The number of rotatable bonds is 0. The van der Waals surface area contributed by atoms with E-state index in [0.29, 0.717) is 9.99 Å². The van der Waals surface area contributed by atoms with Gasteiger partial charge in [-0.25, -0.2) is 4.39 Å². The van der Waals surface area contributed by atoms with E-state index < -0.39 is 0 Å². The van der Waals surface area contributed by atoms with Crippen LogP contribution in [-0.2, 0) is 11.2 Å². The van der Waals surface area contributed by atoms with Crippen LogP contribution >= 0.6 is 22.6 Å². The van der Waals surface area contributed by atoms with Crippen molar-refractivity contribution in [3.8, 4) is 0 Å². The molecule has 0 bridgehead atoms. The molecule has 0 radical (unpaired) electrons. The topological polar surface area (TPSA) is 29.1 Å². The molecule has 0 unspecified atom stereocenters. The Morgan fingerprint density at radius 3 is 3.00 bits per heavy atom. The van der Waals surface area contributed by atoms with Crippen LogP contribution in [0.15, 0.2) is 12.1 Å². The first-order valence-electron chi connectivity index (χ1n) is 3.45. The fourth-order valence-corrected chi connectivity index (χ4v) is 1.90. The smallest absolute Gasteiger partial charge is 0.228 e. The molecule has 0 saturated heterocycles. The lowest BCUT2D eigenvalue weighted by Crippen LogP contribution is -2.03. The second-order valence-electron chi connectivity index (χ2n) is 2.61. The molecule has 0 atom stereocenters. The normalized spacial score (nSPS) is 14.3. The second kappa shape index (κ2) is 2.69. The Morgan fingerprint density at radius 1 is 1.50 bits per heavy atom. The number of hydrogen-bond donors (Lipinski definition) is 1. The molecule has 1 aliphatic rings. The molecule has 0 saturated carbocycles. The summed E-state index contributed by atoms with van der Waals surface area (Å²) >= 11 is 1.91. The fraction of sp³-hybridized carbons (Fsp3) is 0.125. The van der Waals surface area contributed by atoms with Gasteiger partial charge in [-0.1, -0.05) is 0 Å². The summed E-state index contributed by atoms with van der Waals surface area (Å²) in [7, 11) is 0. The molecule has 0 aromatic heterocycles. The molecule has 12 heavy (non-hydrogen) atoms. The van der Waals surface area contributed by atoms with E-state index in [2.05, 4.69) is 5.32 Å². The van der Waals surface area contributed by atoms with Gasteiger partial charge in [0.25, 0.3) is 0 Å². The van der Waals surface area contributed by atoms with Gasteiger partial charge < -0.3 is 5.32 Å². The molecule has 1 aromatic carbocycles. The van der Waals surface area contributed by atoms with E-state index in [4.69, 9.17) is 0 Å². The maximum Gasteiger partial charge on any atom is 0.228 e. The monoisotopic (exact) mass is 277 g/mol. The van der Waals surface area contributed by atoms with E-state index in [9.17, 15) is 9.18 Å². The maximum absolute atomic E-state index is 13.0. The highest BCUT2D eigenvalue weighted by Crippen LogP contribution is 2.28. The average Bonchev–Trinajstić information content (AvgIpc) is 2.39. The molecule has 0 aliphatic carbocycles. The van der Waals surface area contributed by atoms with Crippen LogP contribution in [0.1, 0.15) is 5.56 Å². The highest BCUT2D eigenvalue weighted by atomic mass is 127. The van der Waals surface area contributed by atoms with Crippen molar-refractivity contribution >= 4 is 34.2 Å². The van der Waals surface area contributed by atoms with Gasteiger partial charge in [-0.2, -0.15) is 0 Å². The minimum atomic E-state index is -0.258. The van der Waals surface area contributed by atoms with Gasteiger partial charge in [-0.15, -0.1) is 0 Å². The Morgan fingerprint density at radius 2 is 2.25 bits per heavy atom. The quantitative estimate of drug-likeness (QED) is 0.721. The summed E-state index contributed by atoms with van der Waals surface area (Å²) in [6.45, 7) is 0. The van der Waals surface area contributed by atoms with E-state index in [-0.39, 0.29) is 11.7 Å². The third-order valence-corrected chi connectivity index (χ3v) is 2.97. The van der Waals surface area contributed by atoms with Gasteiger partial charge in [-0.3, -0.25) is 4.79 Å². The Hall–Kier alpha value is -0.650. The van der Waals surface area contributed by atoms with Crippen molar-refractivity contribution in [3.63, 3.8) is 0 Å². The molecule has 0 spiro atoms. The van der Waals surface area contributed by atoms with Crippen LogP contribution in [0.25, 0.3) is 0 Å². The molecule has 1 N–H and O–H groups in total. The maximum atomic E-state index is 13.0. The van der Waals surface area contributed by atoms with Gasteiger partial charge in [0, 0.05) is 11.3 Å². The van der Waals surface area contributed by atoms with E-state index in [1.807, 2.05) is 22.6 Å². The summed E-state index contributed by atoms with van der Waals surface area (Å²) in [5.41, 5.74) is 1.52. The van der Waals surface area contributed by atoms with Crippen LogP contribution < -0.4 is 5.32 Å². The number of carbonyl (C=O) groups is 1. The molecule has 62 valence electrons. The van der Waals surface area contributed by atoms with Crippen molar-refractivity contribution in [2.45, 2.75) is 6.42 Å². The lowest BCUT2D eigenvalue weighted by molar-refractivity contribution is -0.115.